The van der Waals surface area contributed by atoms with Gasteiger partial charge in [0.2, 0.25) is 5.88 Å². The molecule has 0 amide bonds. The van der Waals surface area contributed by atoms with Crippen LogP contribution >= 0.6 is 0 Å². The molecular formula is C24H22N2O2. The molecule has 1 N–H and O–H groups in total. The average Bonchev–Trinajstić information content (AvgIpc) is 2.74. The molecule has 1 atom stereocenters. The predicted octanol–water partition coefficient (Wildman–Crippen LogP) is 6.31. The number of aromatic hydroxyl groups is 1. The van der Waals surface area contributed by atoms with Crippen LogP contribution in [0.3, 0.4) is 0 Å². The van der Waals surface area contributed by atoms with E-state index < -0.39 is 0 Å². The van der Waals surface area contributed by atoms with Crippen molar-refractivity contribution in [2.75, 3.05) is 0 Å². The first-order valence-electron chi connectivity index (χ1n) is 9.48. The van der Waals surface area contributed by atoms with E-state index in [9.17, 15) is 5.11 Å². The molecule has 0 saturated heterocycles. The first kappa shape index (κ1) is 18.0. The van der Waals surface area contributed by atoms with E-state index in [2.05, 4.69) is 35.9 Å². The van der Waals surface area contributed by atoms with Crippen LogP contribution in [0, 0.1) is 0 Å². The lowest BCUT2D eigenvalue weighted by atomic mass is 9.99. The first-order chi connectivity index (χ1) is 13.7. The summed E-state index contributed by atoms with van der Waals surface area (Å²) in [6.45, 7) is 4.40. The summed E-state index contributed by atoms with van der Waals surface area (Å²) in [5.41, 5.74) is 2.63. The van der Waals surface area contributed by atoms with Crippen molar-refractivity contribution < 1.29 is 9.84 Å². The van der Waals surface area contributed by atoms with E-state index in [-0.39, 0.29) is 5.75 Å². The summed E-state index contributed by atoms with van der Waals surface area (Å²) in [6, 6.07) is 22.9. The van der Waals surface area contributed by atoms with E-state index in [4.69, 9.17) is 4.74 Å². The monoisotopic (exact) mass is 370 g/mol. The quantitative estimate of drug-likeness (QED) is 0.447. The van der Waals surface area contributed by atoms with Gasteiger partial charge in [0, 0.05) is 0 Å². The van der Waals surface area contributed by atoms with Crippen molar-refractivity contribution in [2.45, 2.75) is 26.2 Å². The number of para-hydroxylation sites is 2. The largest absolute Gasteiger partial charge is 0.507 e. The summed E-state index contributed by atoms with van der Waals surface area (Å²) in [5.74, 6) is 2.28. The lowest BCUT2D eigenvalue weighted by molar-refractivity contribution is 0.467. The Morgan fingerprint density at radius 2 is 1.61 bits per heavy atom. The predicted molar refractivity (Wildman–Crippen MR) is 112 cm³/mol. The molecule has 4 rings (SSSR count). The molecule has 0 spiro atoms. The molecule has 0 saturated carbocycles. The van der Waals surface area contributed by atoms with Crippen LogP contribution in [0.5, 0.6) is 17.4 Å². The number of aromatic nitrogens is 2. The van der Waals surface area contributed by atoms with Gasteiger partial charge in [0.25, 0.3) is 0 Å². The summed E-state index contributed by atoms with van der Waals surface area (Å²) < 4.78 is 6.13. The Balaban J connectivity index is 1.76. The van der Waals surface area contributed by atoms with Gasteiger partial charge >= 0.3 is 0 Å². The third kappa shape index (κ3) is 3.54. The van der Waals surface area contributed by atoms with Gasteiger partial charge in [-0.3, -0.25) is 0 Å². The minimum absolute atomic E-state index is 0.140. The number of rotatable bonds is 5. The number of phenols is 1. The molecule has 28 heavy (non-hydrogen) atoms. The highest BCUT2D eigenvalue weighted by Gasteiger charge is 2.14. The van der Waals surface area contributed by atoms with Crippen LogP contribution in [0.2, 0.25) is 0 Å². The molecule has 1 aromatic heterocycles. The van der Waals surface area contributed by atoms with Gasteiger partial charge in [0.15, 0.2) is 5.82 Å². The van der Waals surface area contributed by atoms with E-state index >= 15 is 0 Å². The Hall–Kier alpha value is -3.40. The zero-order valence-corrected chi connectivity index (χ0v) is 16.0. The number of benzene rings is 3. The second-order valence-electron chi connectivity index (χ2n) is 6.87. The van der Waals surface area contributed by atoms with E-state index in [1.54, 1.807) is 18.2 Å². The highest BCUT2D eigenvalue weighted by atomic mass is 16.5. The number of ether oxygens (including phenoxy) is 1. The summed E-state index contributed by atoms with van der Waals surface area (Å²) in [7, 11) is 0. The van der Waals surface area contributed by atoms with Gasteiger partial charge < -0.3 is 9.84 Å². The summed E-state index contributed by atoms with van der Waals surface area (Å²) in [4.78, 5) is 9.21. The van der Waals surface area contributed by atoms with E-state index in [0.29, 0.717) is 23.2 Å². The fraction of sp³-hybridized carbons (Fsp3) is 0.167. The SMILES string of the molecule is CC[C@H](C)c1ccc(Oc2nc(-c3ccccc3O)nc3ccccc23)cc1. The number of hydrogen-bond acceptors (Lipinski definition) is 4. The van der Waals surface area contributed by atoms with Gasteiger partial charge in [-0.25, -0.2) is 4.98 Å². The van der Waals surface area contributed by atoms with Gasteiger partial charge in [-0.05, 0) is 54.3 Å². The van der Waals surface area contributed by atoms with Crippen molar-refractivity contribution in [2.24, 2.45) is 0 Å². The molecule has 4 aromatic rings. The Morgan fingerprint density at radius 1 is 0.893 bits per heavy atom. The molecule has 140 valence electrons. The van der Waals surface area contributed by atoms with Crippen LogP contribution in [-0.2, 0) is 0 Å². The molecule has 4 heteroatoms. The molecule has 0 unspecified atom stereocenters. The maximum atomic E-state index is 10.2. The van der Waals surface area contributed by atoms with Crippen LogP contribution < -0.4 is 4.74 Å². The average molecular weight is 370 g/mol. The topological polar surface area (TPSA) is 55.2 Å². The van der Waals surface area contributed by atoms with E-state index in [1.807, 2.05) is 42.5 Å². The molecule has 0 aliphatic heterocycles. The Labute approximate surface area is 164 Å². The normalized spacial score (nSPS) is 12.1. The van der Waals surface area contributed by atoms with Crippen molar-refractivity contribution in [1.29, 1.82) is 0 Å². The second kappa shape index (κ2) is 7.69. The van der Waals surface area contributed by atoms with Crippen molar-refractivity contribution in [3.8, 4) is 28.8 Å². The van der Waals surface area contributed by atoms with Crippen LogP contribution in [0.4, 0.5) is 0 Å². The number of phenolic OH excluding ortho intramolecular Hbond substituents is 1. The Bertz CT molecular complexity index is 1110. The van der Waals surface area contributed by atoms with Crippen LogP contribution in [0.1, 0.15) is 31.7 Å². The lowest BCUT2D eigenvalue weighted by Crippen LogP contribution is -1.97. The van der Waals surface area contributed by atoms with Crippen LogP contribution in [-0.4, -0.2) is 15.1 Å². The second-order valence-corrected chi connectivity index (χ2v) is 6.87. The molecule has 0 radical (unpaired) electrons. The molecule has 1 heterocycles. The summed E-state index contributed by atoms with van der Waals surface area (Å²) >= 11 is 0. The Morgan fingerprint density at radius 3 is 2.36 bits per heavy atom. The first-order valence-corrected chi connectivity index (χ1v) is 9.48. The van der Waals surface area contributed by atoms with Crippen molar-refractivity contribution in [3.05, 3.63) is 78.4 Å². The highest BCUT2D eigenvalue weighted by Crippen LogP contribution is 2.33. The molecular weight excluding hydrogens is 348 g/mol. The van der Waals surface area contributed by atoms with Gasteiger partial charge in [-0.1, -0.05) is 50.2 Å². The third-order valence-corrected chi connectivity index (χ3v) is 4.99. The molecule has 4 nitrogen and oxygen atoms in total. The molecule has 3 aromatic carbocycles. The maximum Gasteiger partial charge on any atom is 0.230 e. The van der Waals surface area contributed by atoms with Crippen LogP contribution in [0.25, 0.3) is 22.3 Å². The van der Waals surface area contributed by atoms with Gasteiger partial charge in [-0.2, -0.15) is 4.98 Å². The standard InChI is InChI=1S/C24H22N2O2/c1-3-16(2)17-12-14-18(15-13-17)28-24-19-8-4-6-10-21(19)25-23(26-24)20-9-5-7-11-22(20)27/h4-16,27H,3H2,1-2H3/t16-/m0/s1. The molecule has 0 aliphatic rings. The molecule has 0 aliphatic carbocycles. The minimum atomic E-state index is 0.140. The highest BCUT2D eigenvalue weighted by molar-refractivity contribution is 5.85. The number of hydrogen-bond donors (Lipinski definition) is 1. The van der Waals surface area contributed by atoms with E-state index in [1.165, 1.54) is 5.56 Å². The third-order valence-electron chi connectivity index (χ3n) is 4.99. The van der Waals surface area contributed by atoms with Gasteiger partial charge in [-0.15, -0.1) is 0 Å². The number of nitrogens with zero attached hydrogens (tertiary/aromatic N) is 2. The molecule has 0 fully saturated rings. The van der Waals surface area contributed by atoms with Crippen LogP contribution in [0.15, 0.2) is 72.8 Å². The van der Waals surface area contributed by atoms with Crippen molar-refractivity contribution >= 4 is 10.9 Å². The zero-order valence-electron chi connectivity index (χ0n) is 16.0. The fourth-order valence-electron chi connectivity index (χ4n) is 3.12. The maximum absolute atomic E-state index is 10.2. The van der Waals surface area contributed by atoms with Gasteiger partial charge in [0.05, 0.1) is 16.5 Å². The van der Waals surface area contributed by atoms with Crippen molar-refractivity contribution in [3.63, 3.8) is 0 Å². The summed E-state index contributed by atoms with van der Waals surface area (Å²) in [6.07, 6.45) is 1.10. The number of fused-ring (bicyclic) bond motifs is 1. The fourth-order valence-corrected chi connectivity index (χ4v) is 3.12. The molecule has 0 bridgehead atoms. The smallest absolute Gasteiger partial charge is 0.230 e. The van der Waals surface area contributed by atoms with Gasteiger partial charge in [0.1, 0.15) is 11.5 Å². The van der Waals surface area contributed by atoms with Crippen molar-refractivity contribution in [1.82, 2.24) is 9.97 Å². The minimum Gasteiger partial charge on any atom is -0.507 e. The Kier molecular flexibility index (Phi) is 4.94. The van der Waals surface area contributed by atoms with E-state index in [0.717, 1.165) is 23.1 Å². The zero-order chi connectivity index (χ0) is 19.5. The summed E-state index contributed by atoms with van der Waals surface area (Å²) in [5, 5.41) is 11.0. The lowest BCUT2D eigenvalue weighted by Gasteiger charge is -2.12.